The third kappa shape index (κ3) is 7.40. The predicted octanol–water partition coefficient (Wildman–Crippen LogP) is 8.09. The number of benzene rings is 4. The van der Waals surface area contributed by atoms with Crippen molar-refractivity contribution in [3.63, 3.8) is 0 Å². The number of sulfonamides is 1. The first-order valence-electron chi connectivity index (χ1n) is 16.9. The van der Waals surface area contributed by atoms with Gasteiger partial charge in [0.1, 0.15) is 24.0 Å². The Kier molecular flexibility index (Phi) is 11.0. The maximum absolute atomic E-state index is 14.8. The number of nitrogens with zero attached hydrogens (tertiary/aromatic N) is 2. The van der Waals surface area contributed by atoms with Crippen molar-refractivity contribution >= 4 is 27.6 Å². The number of carbonyl (C=O) groups is 2. The number of rotatable bonds is 11. The Balaban J connectivity index is 1.38. The maximum atomic E-state index is 14.8. The first kappa shape index (κ1) is 37.0. The van der Waals surface area contributed by atoms with E-state index in [2.05, 4.69) is 0 Å². The summed E-state index contributed by atoms with van der Waals surface area (Å²) in [6.07, 6.45) is 5.46. The van der Waals surface area contributed by atoms with Crippen LogP contribution in [0.4, 0.5) is 27.6 Å². The van der Waals surface area contributed by atoms with Crippen LogP contribution in [0.5, 0.6) is 5.75 Å². The topological polar surface area (TPSA) is 104 Å². The molecular weight excluding hydrogens is 707 g/mol. The molecule has 6 rings (SSSR count). The first-order valence-corrected chi connectivity index (χ1v) is 18.3. The molecule has 1 heterocycles. The molecular formula is C38H35F5N2O6S. The average molecular weight is 743 g/mol. The lowest BCUT2D eigenvalue weighted by molar-refractivity contribution is -0.121. The van der Waals surface area contributed by atoms with Crippen molar-refractivity contribution in [2.24, 2.45) is 0 Å². The zero-order chi connectivity index (χ0) is 37.2. The number of ether oxygens (including phenoxy) is 1. The van der Waals surface area contributed by atoms with Crippen molar-refractivity contribution < 1.29 is 49.8 Å². The average Bonchev–Trinajstić information content (AvgIpc) is 3.67. The van der Waals surface area contributed by atoms with Gasteiger partial charge in [-0.05, 0) is 60.4 Å². The number of anilines is 1. The van der Waals surface area contributed by atoms with Gasteiger partial charge in [0.15, 0.2) is 28.2 Å². The summed E-state index contributed by atoms with van der Waals surface area (Å²) in [5, 5.41) is 9.90. The van der Waals surface area contributed by atoms with Gasteiger partial charge in [-0.25, -0.2) is 35.2 Å². The largest absolute Gasteiger partial charge is 0.488 e. The molecule has 4 aromatic carbocycles. The third-order valence-electron chi connectivity index (χ3n) is 9.63. The standard InChI is InChI=1S/C38H35F5N2O6S/c39-31-32(40)34(42)36(35(43)33(31)41)52(49,50)45-19-7-12-29(45)37(46)44(21-23-13-15-26(16-14-23)25-10-5-2-6-11-25)27-17-18-28(38(47)48)30(20-27)51-22-24-8-3-1-4-9-24/h1,3-4,8-9,13-18,20,25,29H,2,5-7,10-12,19,21-22H2,(H,47,48)/t29-/m1/s1. The molecule has 0 bridgehead atoms. The Hall–Kier alpha value is -4.82. The molecule has 1 aliphatic heterocycles. The fraction of sp³-hybridized carbons (Fsp3) is 0.316. The minimum Gasteiger partial charge on any atom is -0.488 e. The molecule has 4 aromatic rings. The number of carboxylic acid groups (broad SMARTS) is 1. The van der Waals surface area contributed by atoms with E-state index in [4.69, 9.17) is 4.74 Å². The van der Waals surface area contributed by atoms with Crippen LogP contribution in [0, 0.1) is 29.1 Å². The second-order valence-corrected chi connectivity index (χ2v) is 14.8. The summed E-state index contributed by atoms with van der Waals surface area (Å²) in [5.41, 5.74) is 2.42. The zero-order valence-corrected chi connectivity index (χ0v) is 28.7. The second-order valence-electron chi connectivity index (χ2n) is 12.9. The Bertz CT molecular complexity index is 2050. The summed E-state index contributed by atoms with van der Waals surface area (Å²) in [7, 11) is -5.44. The molecule has 0 aromatic heterocycles. The number of carbonyl (C=O) groups excluding carboxylic acids is 1. The number of hydrogen-bond donors (Lipinski definition) is 1. The van der Waals surface area contributed by atoms with Gasteiger partial charge in [0, 0.05) is 18.3 Å². The fourth-order valence-corrected chi connectivity index (χ4v) is 8.67. The van der Waals surface area contributed by atoms with Crippen molar-refractivity contribution in [2.75, 3.05) is 11.4 Å². The van der Waals surface area contributed by atoms with E-state index >= 15 is 0 Å². The van der Waals surface area contributed by atoms with E-state index in [1.807, 2.05) is 24.3 Å². The number of carboxylic acids is 1. The molecule has 0 unspecified atom stereocenters. The second kappa shape index (κ2) is 15.4. The number of halogens is 5. The Morgan fingerprint density at radius 2 is 1.40 bits per heavy atom. The maximum Gasteiger partial charge on any atom is 0.339 e. The van der Waals surface area contributed by atoms with E-state index in [1.165, 1.54) is 29.5 Å². The molecule has 1 atom stereocenters. The minimum atomic E-state index is -5.44. The van der Waals surface area contributed by atoms with Gasteiger partial charge < -0.3 is 14.7 Å². The van der Waals surface area contributed by atoms with Gasteiger partial charge in [-0.2, -0.15) is 4.31 Å². The molecule has 1 amide bonds. The molecule has 1 aliphatic carbocycles. The summed E-state index contributed by atoms with van der Waals surface area (Å²) in [6.45, 7) is -0.593. The summed E-state index contributed by atoms with van der Waals surface area (Å²) in [4.78, 5) is 25.8. The molecule has 2 fully saturated rings. The molecule has 52 heavy (non-hydrogen) atoms. The lowest BCUT2D eigenvalue weighted by atomic mass is 9.84. The van der Waals surface area contributed by atoms with E-state index in [-0.39, 0.29) is 43.0 Å². The van der Waals surface area contributed by atoms with Crippen molar-refractivity contribution in [3.05, 3.63) is 124 Å². The lowest BCUT2D eigenvalue weighted by Crippen LogP contribution is -2.48. The monoisotopic (exact) mass is 742 g/mol. The van der Waals surface area contributed by atoms with Crippen molar-refractivity contribution in [1.82, 2.24) is 4.31 Å². The summed E-state index contributed by atoms with van der Waals surface area (Å²) in [6, 6.07) is 18.8. The summed E-state index contributed by atoms with van der Waals surface area (Å²) < 4.78 is 105. The highest BCUT2D eigenvalue weighted by Crippen LogP contribution is 2.36. The van der Waals surface area contributed by atoms with E-state index < -0.39 is 68.5 Å². The minimum absolute atomic E-state index is 0.0162. The van der Waals surface area contributed by atoms with Crippen LogP contribution >= 0.6 is 0 Å². The van der Waals surface area contributed by atoms with Gasteiger partial charge in [-0.1, -0.05) is 73.9 Å². The zero-order valence-electron chi connectivity index (χ0n) is 27.8. The quantitative estimate of drug-likeness (QED) is 0.0947. The highest BCUT2D eigenvalue weighted by Gasteiger charge is 2.45. The van der Waals surface area contributed by atoms with Crippen molar-refractivity contribution in [3.8, 4) is 5.75 Å². The molecule has 0 spiro atoms. The van der Waals surface area contributed by atoms with Crippen molar-refractivity contribution in [2.45, 2.75) is 75.0 Å². The van der Waals surface area contributed by atoms with Crippen LogP contribution in [0.25, 0.3) is 0 Å². The third-order valence-corrected chi connectivity index (χ3v) is 11.6. The highest BCUT2D eigenvalue weighted by atomic mass is 32.2. The van der Waals surface area contributed by atoms with Gasteiger partial charge in [-0.15, -0.1) is 0 Å². The SMILES string of the molecule is O=C(O)c1ccc(N(Cc2ccc(C3CCCCC3)cc2)C(=O)[C@H]2CCCN2S(=O)(=O)c2c(F)c(F)c(F)c(F)c2F)cc1OCc1ccccc1. The van der Waals surface area contributed by atoms with Crippen LogP contribution in [-0.2, 0) is 28.0 Å². The van der Waals surface area contributed by atoms with E-state index in [0.29, 0.717) is 15.8 Å². The summed E-state index contributed by atoms with van der Waals surface area (Å²) in [5.74, 6) is -14.3. The number of amides is 1. The van der Waals surface area contributed by atoms with Crippen LogP contribution < -0.4 is 9.64 Å². The fourth-order valence-electron chi connectivity index (χ4n) is 6.90. The van der Waals surface area contributed by atoms with E-state index in [9.17, 15) is 45.1 Å². The molecule has 1 saturated heterocycles. The molecule has 14 heteroatoms. The van der Waals surface area contributed by atoms with Crippen LogP contribution in [0.2, 0.25) is 0 Å². The van der Waals surface area contributed by atoms with E-state index in [0.717, 1.165) is 36.8 Å². The Labute approximate surface area is 297 Å². The van der Waals surface area contributed by atoms with Crippen LogP contribution in [0.3, 0.4) is 0 Å². The van der Waals surface area contributed by atoms with Crippen LogP contribution in [-0.4, -0.2) is 42.3 Å². The van der Waals surface area contributed by atoms with Gasteiger partial charge in [0.05, 0.1) is 6.54 Å². The molecule has 274 valence electrons. The normalized spacial score (nSPS) is 16.9. The van der Waals surface area contributed by atoms with Crippen LogP contribution in [0.15, 0.2) is 77.7 Å². The lowest BCUT2D eigenvalue weighted by Gasteiger charge is -2.31. The van der Waals surface area contributed by atoms with E-state index in [1.54, 1.807) is 30.3 Å². The number of hydrogen-bond acceptors (Lipinski definition) is 5. The molecule has 0 radical (unpaired) electrons. The smallest absolute Gasteiger partial charge is 0.339 e. The first-order chi connectivity index (χ1) is 24.9. The molecule has 1 saturated carbocycles. The molecule has 8 nitrogen and oxygen atoms in total. The van der Waals surface area contributed by atoms with Gasteiger partial charge in [0.2, 0.25) is 21.7 Å². The van der Waals surface area contributed by atoms with Crippen molar-refractivity contribution in [1.29, 1.82) is 0 Å². The predicted molar refractivity (Wildman–Crippen MR) is 181 cm³/mol. The van der Waals surface area contributed by atoms with Gasteiger partial charge in [-0.3, -0.25) is 4.79 Å². The van der Waals surface area contributed by atoms with Gasteiger partial charge >= 0.3 is 5.97 Å². The van der Waals surface area contributed by atoms with Gasteiger partial charge in [0.25, 0.3) is 0 Å². The Morgan fingerprint density at radius 3 is 2.04 bits per heavy atom. The molecule has 1 N–H and O–H groups in total. The summed E-state index contributed by atoms with van der Waals surface area (Å²) >= 11 is 0. The molecule has 2 aliphatic rings. The Morgan fingerprint density at radius 1 is 0.769 bits per heavy atom. The van der Waals surface area contributed by atoms with Crippen LogP contribution in [0.1, 0.15) is 77.9 Å². The highest BCUT2D eigenvalue weighted by molar-refractivity contribution is 7.89. The number of aromatic carboxylic acids is 1.